The lowest BCUT2D eigenvalue weighted by Gasteiger charge is -2.09. The van der Waals surface area contributed by atoms with E-state index in [-0.39, 0.29) is 0 Å². The van der Waals surface area contributed by atoms with E-state index in [4.69, 9.17) is 22.1 Å². The van der Waals surface area contributed by atoms with Crippen LogP contribution < -0.4 is 10.5 Å². The molecule has 0 aliphatic carbocycles. The molecule has 0 saturated carbocycles. The first-order valence-electron chi connectivity index (χ1n) is 5.55. The van der Waals surface area contributed by atoms with Gasteiger partial charge in [0.25, 0.3) is 0 Å². The number of benzene rings is 2. The van der Waals surface area contributed by atoms with Crippen LogP contribution in [0.5, 0.6) is 5.75 Å². The minimum absolute atomic E-state index is 0.487. The molecule has 0 spiro atoms. The summed E-state index contributed by atoms with van der Waals surface area (Å²) in [6.07, 6.45) is 0. The molecule has 0 radical (unpaired) electrons. The Morgan fingerprint density at radius 1 is 1.11 bits per heavy atom. The highest BCUT2D eigenvalue weighted by molar-refractivity contribution is 9.10. The summed E-state index contributed by atoms with van der Waals surface area (Å²) < 4.78 is 6.64. The second kappa shape index (κ2) is 6.23. The van der Waals surface area contributed by atoms with Gasteiger partial charge < -0.3 is 10.5 Å². The van der Waals surface area contributed by atoms with Crippen molar-refractivity contribution in [1.82, 2.24) is 0 Å². The SMILES string of the molecule is NCc1ccc(OCc2cccc(Cl)c2)c(Br)c1. The average molecular weight is 327 g/mol. The maximum atomic E-state index is 5.92. The van der Waals surface area contributed by atoms with Crippen molar-refractivity contribution in [3.8, 4) is 5.75 Å². The maximum Gasteiger partial charge on any atom is 0.134 e. The van der Waals surface area contributed by atoms with Crippen molar-refractivity contribution in [3.05, 3.63) is 63.1 Å². The fourth-order valence-corrected chi connectivity index (χ4v) is 2.33. The molecule has 0 fully saturated rings. The lowest BCUT2D eigenvalue weighted by Crippen LogP contribution is -1.99. The molecule has 0 atom stereocenters. The largest absolute Gasteiger partial charge is 0.488 e. The van der Waals surface area contributed by atoms with Crippen LogP contribution in [0.4, 0.5) is 0 Å². The molecule has 18 heavy (non-hydrogen) atoms. The molecule has 0 aliphatic rings. The molecule has 2 aromatic rings. The number of rotatable bonds is 4. The van der Waals surface area contributed by atoms with E-state index >= 15 is 0 Å². The Morgan fingerprint density at radius 2 is 1.94 bits per heavy atom. The second-order valence-corrected chi connectivity index (χ2v) is 5.18. The van der Waals surface area contributed by atoms with Gasteiger partial charge in [-0.3, -0.25) is 0 Å². The molecule has 0 bridgehead atoms. The van der Waals surface area contributed by atoms with Crippen molar-refractivity contribution in [2.24, 2.45) is 5.73 Å². The van der Waals surface area contributed by atoms with Crippen molar-refractivity contribution < 1.29 is 4.74 Å². The summed E-state index contributed by atoms with van der Waals surface area (Å²) in [4.78, 5) is 0. The van der Waals surface area contributed by atoms with Gasteiger partial charge in [0.05, 0.1) is 4.47 Å². The predicted molar refractivity (Wildman–Crippen MR) is 77.8 cm³/mol. The molecule has 2 N–H and O–H groups in total. The van der Waals surface area contributed by atoms with Gasteiger partial charge in [-0.25, -0.2) is 0 Å². The lowest BCUT2D eigenvalue weighted by molar-refractivity contribution is 0.304. The smallest absolute Gasteiger partial charge is 0.134 e. The standard InChI is InChI=1S/C14H13BrClNO/c15-13-7-10(8-17)4-5-14(13)18-9-11-2-1-3-12(16)6-11/h1-7H,8-9,17H2. The molecule has 0 aliphatic heterocycles. The first kappa shape index (κ1) is 13.4. The summed E-state index contributed by atoms with van der Waals surface area (Å²) in [6, 6.07) is 13.5. The molecule has 0 heterocycles. The van der Waals surface area contributed by atoms with Crippen molar-refractivity contribution in [3.63, 3.8) is 0 Å². The Balaban J connectivity index is 2.06. The van der Waals surface area contributed by atoms with Crippen molar-refractivity contribution in [2.45, 2.75) is 13.2 Å². The number of hydrogen-bond acceptors (Lipinski definition) is 2. The highest BCUT2D eigenvalue weighted by Gasteiger charge is 2.03. The summed E-state index contributed by atoms with van der Waals surface area (Å²) in [5.41, 5.74) is 7.68. The van der Waals surface area contributed by atoms with Crippen LogP contribution in [-0.2, 0) is 13.2 Å². The quantitative estimate of drug-likeness (QED) is 0.916. The molecule has 0 amide bonds. The average Bonchev–Trinajstić information content (AvgIpc) is 2.37. The van der Waals surface area contributed by atoms with E-state index in [0.717, 1.165) is 21.3 Å². The molecule has 4 heteroatoms. The van der Waals surface area contributed by atoms with Gasteiger partial charge in [0.15, 0.2) is 0 Å². The van der Waals surface area contributed by atoms with Crippen molar-refractivity contribution in [1.29, 1.82) is 0 Å². The normalized spacial score (nSPS) is 10.4. The van der Waals surface area contributed by atoms with Gasteiger partial charge in [-0.1, -0.05) is 29.8 Å². The van der Waals surface area contributed by atoms with Crippen LogP contribution in [0.1, 0.15) is 11.1 Å². The Kier molecular flexibility index (Phi) is 4.64. The Labute approximate surface area is 120 Å². The molecule has 2 rings (SSSR count). The topological polar surface area (TPSA) is 35.2 Å². The van der Waals surface area contributed by atoms with Gasteiger partial charge in [-0.15, -0.1) is 0 Å². The van der Waals surface area contributed by atoms with Gasteiger partial charge in [-0.2, -0.15) is 0 Å². The predicted octanol–water partition coefficient (Wildman–Crippen LogP) is 4.14. The van der Waals surface area contributed by atoms with E-state index in [1.807, 2.05) is 42.5 Å². The minimum atomic E-state index is 0.487. The molecule has 2 aromatic carbocycles. The number of nitrogens with two attached hydrogens (primary N) is 1. The monoisotopic (exact) mass is 325 g/mol. The van der Waals surface area contributed by atoms with Crippen LogP contribution in [-0.4, -0.2) is 0 Å². The molecular weight excluding hydrogens is 314 g/mol. The second-order valence-electron chi connectivity index (χ2n) is 3.89. The summed E-state index contributed by atoms with van der Waals surface area (Å²) in [5, 5.41) is 0.716. The summed E-state index contributed by atoms with van der Waals surface area (Å²) in [7, 11) is 0. The van der Waals surface area contributed by atoms with Crippen LogP contribution in [0.15, 0.2) is 46.9 Å². The Bertz CT molecular complexity index is 545. The molecule has 0 aromatic heterocycles. The third-order valence-electron chi connectivity index (χ3n) is 2.52. The van der Waals surface area contributed by atoms with Crippen LogP contribution >= 0.6 is 27.5 Å². The van der Waals surface area contributed by atoms with Crippen LogP contribution in [0.25, 0.3) is 0 Å². The van der Waals surface area contributed by atoms with Gasteiger partial charge >= 0.3 is 0 Å². The van der Waals surface area contributed by atoms with E-state index in [1.165, 1.54) is 0 Å². The minimum Gasteiger partial charge on any atom is -0.488 e. The number of ether oxygens (including phenoxy) is 1. The van der Waals surface area contributed by atoms with E-state index < -0.39 is 0 Å². The summed E-state index contributed by atoms with van der Waals surface area (Å²) >= 11 is 9.39. The zero-order chi connectivity index (χ0) is 13.0. The third kappa shape index (κ3) is 3.48. The van der Waals surface area contributed by atoms with Crippen LogP contribution in [0.3, 0.4) is 0 Å². The zero-order valence-electron chi connectivity index (χ0n) is 9.70. The lowest BCUT2D eigenvalue weighted by atomic mass is 10.2. The third-order valence-corrected chi connectivity index (χ3v) is 3.37. The van der Waals surface area contributed by atoms with Gasteiger partial charge in [0, 0.05) is 11.6 Å². The number of halogens is 2. The van der Waals surface area contributed by atoms with E-state index in [0.29, 0.717) is 18.2 Å². The fourth-order valence-electron chi connectivity index (χ4n) is 1.58. The number of hydrogen-bond donors (Lipinski definition) is 1. The van der Waals surface area contributed by atoms with E-state index in [1.54, 1.807) is 0 Å². The highest BCUT2D eigenvalue weighted by Crippen LogP contribution is 2.26. The zero-order valence-corrected chi connectivity index (χ0v) is 12.0. The van der Waals surface area contributed by atoms with Gasteiger partial charge in [0.1, 0.15) is 12.4 Å². The maximum absolute atomic E-state index is 5.92. The first-order chi connectivity index (χ1) is 8.69. The summed E-state index contributed by atoms with van der Waals surface area (Å²) in [6.45, 7) is 1.01. The molecule has 94 valence electrons. The molecule has 0 saturated heterocycles. The van der Waals surface area contributed by atoms with Gasteiger partial charge in [0.2, 0.25) is 0 Å². The highest BCUT2D eigenvalue weighted by atomic mass is 79.9. The Morgan fingerprint density at radius 3 is 2.61 bits per heavy atom. The van der Waals surface area contributed by atoms with Crippen LogP contribution in [0.2, 0.25) is 5.02 Å². The van der Waals surface area contributed by atoms with E-state index in [2.05, 4.69) is 15.9 Å². The molecular formula is C14H13BrClNO. The van der Waals surface area contributed by atoms with Crippen molar-refractivity contribution in [2.75, 3.05) is 0 Å². The first-order valence-corrected chi connectivity index (χ1v) is 6.72. The fraction of sp³-hybridized carbons (Fsp3) is 0.143. The van der Waals surface area contributed by atoms with E-state index in [9.17, 15) is 0 Å². The molecule has 2 nitrogen and oxygen atoms in total. The van der Waals surface area contributed by atoms with Crippen LogP contribution in [0, 0.1) is 0 Å². The van der Waals surface area contributed by atoms with Crippen molar-refractivity contribution >= 4 is 27.5 Å². The summed E-state index contributed by atoms with van der Waals surface area (Å²) in [5.74, 6) is 0.798. The molecule has 0 unspecified atom stereocenters. The Hall–Kier alpha value is -1.03. The van der Waals surface area contributed by atoms with Gasteiger partial charge in [-0.05, 0) is 51.3 Å².